The first-order chi connectivity index (χ1) is 14.9. The number of rotatable bonds is 7. The fourth-order valence-corrected chi connectivity index (χ4v) is 11.1. The van der Waals surface area contributed by atoms with E-state index in [0.29, 0.717) is 16.9 Å². The number of hydrogen-bond donors (Lipinski definition) is 0. The molecule has 1 nitrogen and oxygen atoms in total. The van der Waals surface area contributed by atoms with Gasteiger partial charge in [-0.15, -0.1) is 0 Å². The Morgan fingerprint density at radius 3 is 2.19 bits per heavy atom. The fraction of sp³-hybridized carbons (Fsp3) is 1.00. The highest BCUT2D eigenvalue weighted by molar-refractivity contribution is 6.69. The molecule has 0 aromatic carbocycles. The Kier molecular flexibility index (Phi) is 7.37. The Labute approximate surface area is 202 Å². The standard InChI is InChI=1S/C30H56OSi/c1-21(2)10-9-11-22(3)26-14-15-27-25-13-12-23-20-24(31-32(6,7)8)16-18-29(23,4)28(25)17-19-30(26,27)5/h21-28H,9-20H2,1-8H3/t22-,23-,24-,25?,26-,27?,28?,29+,30-/m1/s1. The second kappa shape index (κ2) is 9.33. The molecule has 0 spiro atoms. The Morgan fingerprint density at radius 1 is 0.812 bits per heavy atom. The molecule has 2 heteroatoms. The first-order valence-corrected chi connectivity index (χ1v) is 18.0. The van der Waals surface area contributed by atoms with Crippen molar-refractivity contribution in [3.8, 4) is 0 Å². The van der Waals surface area contributed by atoms with Crippen LogP contribution in [0.15, 0.2) is 0 Å². The molecular formula is C30H56OSi. The van der Waals surface area contributed by atoms with Crippen LogP contribution in [0.2, 0.25) is 19.6 Å². The van der Waals surface area contributed by atoms with Crippen LogP contribution in [0.25, 0.3) is 0 Å². The van der Waals surface area contributed by atoms with Crippen LogP contribution < -0.4 is 0 Å². The van der Waals surface area contributed by atoms with Gasteiger partial charge in [0.25, 0.3) is 0 Å². The van der Waals surface area contributed by atoms with Crippen LogP contribution in [0.3, 0.4) is 0 Å². The molecule has 9 atom stereocenters. The van der Waals surface area contributed by atoms with E-state index in [-0.39, 0.29) is 0 Å². The van der Waals surface area contributed by atoms with Crippen LogP contribution >= 0.6 is 0 Å². The van der Waals surface area contributed by atoms with Gasteiger partial charge in [0, 0.05) is 6.10 Å². The average Bonchev–Trinajstić information content (AvgIpc) is 3.04. The van der Waals surface area contributed by atoms with E-state index in [9.17, 15) is 0 Å². The van der Waals surface area contributed by atoms with E-state index < -0.39 is 8.32 Å². The summed E-state index contributed by atoms with van der Waals surface area (Å²) < 4.78 is 6.62. The van der Waals surface area contributed by atoms with Gasteiger partial charge in [-0.25, -0.2) is 0 Å². The highest BCUT2D eigenvalue weighted by Gasteiger charge is 2.60. The molecule has 0 bridgehead atoms. The highest BCUT2D eigenvalue weighted by atomic mass is 28.4. The lowest BCUT2D eigenvalue weighted by atomic mass is 9.44. The molecule has 0 radical (unpaired) electrons. The Balaban J connectivity index is 1.42. The zero-order chi connectivity index (χ0) is 23.3. The van der Waals surface area contributed by atoms with Crippen molar-refractivity contribution in [2.45, 2.75) is 137 Å². The zero-order valence-corrected chi connectivity index (χ0v) is 24.0. The second-order valence-electron chi connectivity index (χ2n) is 14.8. The van der Waals surface area contributed by atoms with Crippen LogP contribution in [0.4, 0.5) is 0 Å². The van der Waals surface area contributed by atoms with Crippen molar-refractivity contribution >= 4 is 8.32 Å². The summed E-state index contributed by atoms with van der Waals surface area (Å²) in [5, 5.41) is 0. The van der Waals surface area contributed by atoms with Crippen LogP contribution in [0.1, 0.15) is 112 Å². The maximum absolute atomic E-state index is 6.62. The van der Waals surface area contributed by atoms with Gasteiger partial charge in [-0.05, 0) is 130 Å². The van der Waals surface area contributed by atoms with Gasteiger partial charge in [0.1, 0.15) is 0 Å². The summed E-state index contributed by atoms with van der Waals surface area (Å²) in [7, 11) is -1.42. The molecular weight excluding hydrogens is 404 g/mol. The lowest BCUT2D eigenvalue weighted by Crippen LogP contribution is -2.54. The number of fused-ring (bicyclic) bond motifs is 5. The highest BCUT2D eigenvalue weighted by Crippen LogP contribution is 2.68. The molecule has 4 aliphatic rings. The molecule has 4 saturated carbocycles. The van der Waals surface area contributed by atoms with Crippen LogP contribution in [0.5, 0.6) is 0 Å². The molecule has 0 aliphatic heterocycles. The van der Waals surface area contributed by atoms with Gasteiger partial charge in [0.05, 0.1) is 0 Å². The molecule has 3 unspecified atom stereocenters. The van der Waals surface area contributed by atoms with Crippen molar-refractivity contribution in [2.24, 2.45) is 52.3 Å². The van der Waals surface area contributed by atoms with E-state index in [1.54, 1.807) is 6.42 Å². The summed E-state index contributed by atoms with van der Waals surface area (Å²) in [6.45, 7) is 20.0. The predicted octanol–water partition coefficient (Wildman–Crippen LogP) is 9.33. The fourth-order valence-electron chi connectivity index (χ4n) is 9.85. The predicted molar refractivity (Wildman–Crippen MR) is 141 cm³/mol. The van der Waals surface area contributed by atoms with E-state index in [1.165, 1.54) is 70.6 Å². The van der Waals surface area contributed by atoms with Crippen molar-refractivity contribution in [1.29, 1.82) is 0 Å². The lowest BCUT2D eigenvalue weighted by Gasteiger charge is -2.61. The average molecular weight is 461 g/mol. The van der Waals surface area contributed by atoms with Crippen LogP contribution in [-0.2, 0) is 4.43 Å². The monoisotopic (exact) mass is 460 g/mol. The molecule has 0 amide bonds. The van der Waals surface area contributed by atoms with E-state index >= 15 is 0 Å². The SMILES string of the molecule is CC(C)CCC[C@@H](C)[C@H]1CCC2C3CC[C@@H]4C[C@H](O[Si](C)(C)C)CC[C@]4(C)C3CC[C@@]21C. The van der Waals surface area contributed by atoms with Crippen molar-refractivity contribution in [3.63, 3.8) is 0 Å². The second-order valence-corrected chi connectivity index (χ2v) is 19.3. The molecule has 32 heavy (non-hydrogen) atoms. The zero-order valence-electron chi connectivity index (χ0n) is 23.0. The van der Waals surface area contributed by atoms with Crippen LogP contribution in [0, 0.1) is 52.3 Å². The van der Waals surface area contributed by atoms with Crippen molar-refractivity contribution in [3.05, 3.63) is 0 Å². The molecule has 0 aromatic heterocycles. The van der Waals surface area contributed by atoms with E-state index in [0.717, 1.165) is 41.4 Å². The summed E-state index contributed by atoms with van der Waals surface area (Å²) in [6.07, 6.45) is 18.2. The summed E-state index contributed by atoms with van der Waals surface area (Å²) in [5.41, 5.74) is 1.24. The van der Waals surface area contributed by atoms with E-state index in [1.807, 2.05) is 0 Å². The van der Waals surface area contributed by atoms with Crippen molar-refractivity contribution in [1.82, 2.24) is 0 Å². The largest absolute Gasteiger partial charge is 0.415 e. The first-order valence-electron chi connectivity index (χ1n) is 14.6. The molecule has 4 aliphatic carbocycles. The molecule has 0 N–H and O–H groups in total. The van der Waals surface area contributed by atoms with Gasteiger partial charge in [-0.3, -0.25) is 0 Å². The van der Waals surface area contributed by atoms with Gasteiger partial charge >= 0.3 is 0 Å². The molecule has 186 valence electrons. The molecule has 0 heterocycles. The minimum Gasteiger partial charge on any atom is -0.415 e. The summed E-state index contributed by atoms with van der Waals surface area (Å²) in [6, 6.07) is 0. The molecule has 4 fully saturated rings. The third-order valence-corrected chi connectivity index (χ3v) is 12.4. The topological polar surface area (TPSA) is 9.23 Å². The van der Waals surface area contributed by atoms with Gasteiger partial charge in [0.2, 0.25) is 0 Å². The van der Waals surface area contributed by atoms with Crippen molar-refractivity contribution in [2.75, 3.05) is 0 Å². The Hall–Kier alpha value is 0.177. The smallest absolute Gasteiger partial charge is 0.184 e. The molecule has 0 aromatic rings. The lowest BCUT2D eigenvalue weighted by molar-refractivity contribution is -0.127. The molecule has 0 saturated heterocycles. The Bertz CT molecular complexity index is 637. The third kappa shape index (κ3) is 4.80. The quantitative estimate of drug-likeness (QED) is 0.344. The Morgan fingerprint density at radius 2 is 1.50 bits per heavy atom. The third-order valence-electron chi connectivity index (χ3n) is 11.3. The van der Waals surface area contributed by atoms with Crippen LogP contribution in [-0.4, -0.2) is 14.4 Å². The summed E-state index contributed by atoms with van der Waals surface area (Å²) >= 11 is 0. The minimum absolute atomic E-state index is 0.563. The van der Waals surface area contributed by atoms with E-state index in [2.05, 4.69) is 54.3 Å². The minimum atomic E-state index is -1.42. The maximum Gasteiger partial charge on any atom is 0.184 e. The normalized spacial score (nSPS) is 45.3. The van der Waals surface area contributed by atoms with E-state index in [4.69, 9.17) is 4.43 Å². The van der Waals surface area contributed by atoms with Gasteiger partial charge in [-0.1, -0.05) is 53.9 Å². The molecule has 4 rings (SSSR count). The van der Waals surface area contributed by atoms with Gasteiger partial charge in [-0.2, -0.15) is 0 Å². The summed E-state index contributed by atoms with van der Waals surface area (Å²) in [4.78, 5) is 0. The maximum atomic E-state index is 6.62. The van der Waals surface area contributed by atoms with Gasteiger partial charge < -0.3 is 4.43 Å². The van der Waals surface area contributed by atoms with Gasteiger partial charge in [0.15, 0.2) is 8.32 Å². The number of hydrogen-bond acceptors (Lipinski definition) is 1. The summed E-state index contributed by atoms with van der Waals surface area (Å²) in [5.74, 6) is 6.77. The first kappa shape index (κ1) is 25.3. The van der Waals surface area contributed by atoms with Crippen molar-refractivity contribution < 1.29 is 4.43 Å².